The zero-order chi connectivity index (χ0) is 21.0. The van der Waals surface area contributed by atoms with Crippen molar-refractivity contribution >= 4 is 17.3 Å². The summed E-state index contributed by atoms with van der Waals surface area (Å²) in [5.41, 5.74) is 2.19. The van der Waals surface area contributed by atoms with Gasteiger partial charge in [0.05, 0.1) is 43.8 Å². The highest BCUT2D eigenvalue weighted by atomic mass is 32.1. The molecule has 0 bridgehead atoms. The van der Waals surface area contributed by atoms with Gasteiger partial charge < -0.3 is 23.9 Å². The van der Waals surface area contributed by atoms with Crippen molar-refractivity contribution in [1.82, 2.24) is 24.7 Å². The summed E-state index contributed by atoms with van der Waals surface area (Å²) in [6.45, 7) is 6.03. The molecule has 2 aliphatic heterocycles. The molecule has 2 unspecified atom stereocenters. The molecule has 0 aliphatic carbocycles. The Morgan fingerprint density at radius 2 is 1.97 bits per heavy atom. The lowest BCUT2D eigenvalue weighted by Crippen LogP contribution is -2.42. The molecule has 3 aromatic heterocycles. The van der Waals surface area contributed by atoms with Crippen LogP contribution in [0, 0.1) is 0 Å². The summed E-state index contributed by atoms with van der Waals surface area (Å²) in [6, 6.07) is 14.3. The summed E-state index contributed by atoms with van der Waals surface area (Å²) in [5.74, 6) is 0.931. The maximum Gasteiger partial charge on any atom is 0.170 e. The summed E-state index contributed by atoms with van der Waals surface area (Å²) >= 11 is 5.81. The molecule has 2 aliphatic rings. The van der Waals surface area contributed by atoms with E-state index in [1.54, 1.807) is 6.26 Å². The van der Waals surface area contributed by atoms with Crippen LogP contribution < -0.4 is 5.32 Å². The van der Waals surface area contributed by atoms with Gasteiger partial charge in [0.2, 0.25) is 0 Å². The molecule has 7 nitrogen and oxygen atoms in total. The van der Waals surface area contributed by atoms with E-state index in [0.29, 0.717) is 6.54 Å². The topological polar surface area (TPSA) is 58.7 Å². The minimum absolute atomic E-state index is 0.0105. The Morgan fingerprint density at radius 1 is 1.06 bits per heavy atom. The van der Waals surface area contributed by atoms with Crippen LogP contribution in [0.5, 0.6) is 0 Å². The quantitative estimate of drug-likeness (QED) is 0.571. The van der Waals surface area contributed by atoms with Crippen molar-refractivity contribution in [3.63, 3.8) is 0 Å². The molecule has 0 spiro atoms. The molecule has 0 saturated carbocycles. The van der Waals surface area contributed by atoms with Crippen LogP contribution in [0.2, 0.25) is 0 Å². The van der Waals surface area contributed by atoms with Gasteiger partial charge in [-0.25, -0.2) is 0 Å². The van der Waals surface area contributed by atoms with E-state index >= 15 is 0 Å². The lowest BCUT2D eigenvalue weighted by atomic mass is 10.0. The number of aromatic nitrogens is 2. The second-order valence-electron chi connectivity index (χ2n) is 7.91. The van der Waals surface area contributed by atoms with Crippen molar-refractivity contribution in [3.8, 4) is 0 Å². The maximum absolute atomic E-state index is 5.81. The van der Waals surface area contributed by atoms with Gasteiger partial charge in [-0.2, -0.15) is 0 Å². The van der Waals surface area contributed by atoms with Crippen LogP contribution in [-0.4, -0.2) is 63.9 Å². The number of furan rings is 1. The van der Waals surface area contributed by atoms with Gasteiger partial charge in [-0.3, -0.25) is 9.88 Å². The first-order valence-corrected chi connectivity index (χ1v) is 11.2. The number of morpholine rings is 1. The summed E-state index contributed by atoms with van der Waals surface area (Å²) in [7, 11) is 0. The Hall–Kier alpha value is -2.68. The fraction of sp³-hybridized carbons (Fsp3) is 0.391. The monoisotopic (exact) mass is 437 g/mol. The predicted molar refractivity (Wildman–Crippen MR) is 122 cm³/mol. The molecule has 31 heavy (non-hydrogen) atoms. The standard InChI is InChI=1S/C23H27N5O2S/c31-23-25-21(19-6-1-2-8-24-19)22(28(23)11-10-26-12-15-29-16-13-26)20-7-3-9-27(20)17-18-5-4-14-30-18/h1-9,14,21-22H,10-13,15-17H2,(H,25,31). The number of nitrogens with one attached hydrogen (secondary N) is 1. The zero-order valence-corrected chi connectivity index (χ0v) is 18.2. The van der Waals surface area contributed by atoms with E-state index in [9.17, 15) is 0 Å². The molecule has 8 heteroatoms. The van der Waals surface area contributed by atoms with Crippen molar-refractivity contribution in [3.05, 3.63) is 78.3 Å². The maximum atomic E-state index is 5.81. The van der Waals surface area contributed by atoms with E-state index in [4.69, 9.17) is 21.4 Å². The van der Waals surface area contributed by atoms with Crippen molar-refractivity contribution in [2.75, 3.05) is 39.4 Å². The second-order valence-corrected chi connectivity index (χ2v) is 8.30. The molecular formula is C23H27N5O2S. The highest BCUT2D eigenvalue weighted by Crippen LogP contribution is 2.38. The van der Waals surface area contributed by atoms with Gasteiger partial charge in [-0.15, -0.1) is 0 Å². The van der Waals surface area contributed by atoms with E-state index in [0.717, 1.165) is 56.0 Å². The van der Waals surface area contributed by atoms with Crippen LogP contribution in [-0.2, 0) is 11.3 Å². The van der Waals surface area contributed by atoms with Crippen molar-refractivity contribution in [1.29, 1.82) is 0 Å². The van der Waals surface area contributed by atoms with Crippen molar-refractivity contribution < 1.29 is 9.15 Å². The third kappa shape index (κ3) is 4.37. The molecule has 2 saturated heterocycles. The SMILES string of the molecule is S=C1NC(c2ccccn2)C(c2cccn2Cc2ccco2)N1CCN1CCOCC1. The first kappa shape index (κ1) is 20.2. The minimum Gasteiger partial charge on any atom is -0.467 e. The van der Waals surface area contributed by atoms with Gasteiger partial charge in [-0.1, -0.05) is 6.07 Å². The van der Waals surface area contributed by atoms with Gasteiger partial charge >= 0.3 is 0 Å². The number of hydrogen-bond acceptors (Lipinski definition) is 5. The summed E-state index contributed by atoms with van der Waals surface area (Å²) < 4.78 is 13.4. The Labute approximate surface area is 187 Å². The first-order valence-electron chi connectivity index (χ1n) is 10.8. The highest BCUT2D eigenvalue weighted by Gasteiger charge is 2.41. The largest absolute Gasteiger partial charge is 0.467 e. The molecule has 0 aromatic carbocycles. The highest BCUT2D eigenvalue weighted by molar-refractivity contribution is 7.80. The Kier molecular flexibility index (Phi) is 6.01. The zero-order valence-electron chi connectivity index (χ0n) is 17.4. The van der Waals surface area contributed by atoms with Crippen molar-refractivity contribution in [2.45, 2.75) is 18.6 Å². The number of ether oxygens (including phenoxy) is 1. The first-order chi connectivity index (χ1) is 15.3. The number of thiocarbonyl (C=S) groups is 1. The van der Waals surface area contributed by atoms with Crippen LogP contribution >= 0.6 is 12.2 Å². The van der Waals surface area contributed by atoms with Gasteiger partial charge in [-0.05, 0) is 48.6 Å². The molecule has 1 N–H and O–H groups in total. The molecule has 0 radical (unpaired) electrons. The predicted octanol–water partition coefficient (Wildman–Crippen LogP) is 2.83. The third-order valence-corrected chi connectivity index (χ3v) is 6.38. The van der Waals surface area contributed by atoms with Crippen LogP contribution in [0.1, 0.15) is 29.2 Å². The summed E-state index contributed by atoms with van der Waals surface area (Å²) in [6.07, 6.45) is 5.67. The molecule has 0 amide bonds. The molecule has 2 fully saturated rings. The molecule has 3 aromatic rings. The van der Waals surface area contributed by atoms with E-state index in [1.807, 2.05) is 30.5 Å². The lowest BCUT2D eigenvalue weighted by Gasteiger charge is -2.32. The molecule has 5 heterocycles. The van der Waals surface area contributed by atoms with Crippen LogP contribution in [0.4, 0.5) is 0 Å². The third-order valence-electron chi connectivity index (χ3n) is 6.03. The van der Waals surface area contributed by atoms with Crippen LogP contribution in [0.15, 0.2) is 65.5 Å². The van der Waals surface area contributed by atoms with Gasteiger partial charge in [0.25, 0.3) is 0 Å². The number of rotatable bonds is 7. The van der Waals surface area contributed by atoms with E-state index < -0.39 is 0 Å². The lowest BCUT2D eigenvalue weighted by molar-refractivity contribution is 0.0349. The molecule has 5 rings (SSSR count). The Balaban J connectivity index is 1.44. The summed E-state index contributed by atoms with van der Waals surface area (Å²) in [4.78, 5) is 9.40. The number of pyridine rings is 1. The summed E-state index contributed by atoms with van der Waals surface area (Å²) in [5, 5.41) is 4.32. The van der Waals surface area contributed by atoms with Crippen LogP contribution in [0.3, 0.4) is 0 Å². The average Bonchev–Trinajstić information content (AvgIpc) is 3.55. The average molecular weight is 438 g/mol. The Bertz CT molecular complexity index is 985. The normalized spacial score (nSPS) is 22.1. The van der Waals surface area contributed by atoms with E-state index in [1.165, 1.54) is 5.69 Å². The fourth-order valence-corrected chi connectivity index (χ4v) is 4.78. The minimum atomic E-state index is -0.0105. The second kappa shape index (κ2) is 9.21. The van der Waals surface area contributed by atoms with E-state index in [2.05, 4.69) is 49.1 Å². The van der Waals surface area contributed by atoms with Crippen molar-refractivity contribution in [2.24, 2.45) is 0 Å². The smallest absolute Gasteiger partial charge is 0.170 e. The number of hydrogen-bond donors (Lipinski definition) is 1. The van der Waals surface area contributed by atoms with Crippen LogP contribution in [0.25, 0.3) is 0 Å². The van der Waals surface area contributed by atoms with Gasteiger partial charge in [0.1, 0.15) is 5.76 Å². The van der Waals surface area contributed by atoms with E-state index in [-0.39, 0.29) is 12.1 Å². The van der Waals surface area contributed by atoms with Gasteiger partial charge in [0, 0.05) is 44.3 Å². The fourth-order valence-electron chi connectivity index (χ4n) is 4.45. The molecular weight excluding hydrogens is 410 g/mol. The number of nitrogens with zero attached hydrogens (tertiary/aromatic N) is 4. The molecule has 162 valence electrons. The Morgan fingerprint density at radius 3 is 2.74 bits per heavy atom. The molecule has 2 atom stereocenters. The van der Waals surface area contributed by atoms with Gasteiger partial charge in [0.15, 0.2) is 5.11 Å².